The lowest BCUT2D eigenvalue weighted by atomic mass is 9.89. The third-order valence-electron chi connectivity index (χ3n) is 6.10. The summed E-state index contributed by atoms with van der Waals surface area (Å²) in [5.74, 6) is 1.51. The smallest absolute Gasteiger partial charge is 0.329 e. The first-order valence-electron chi connectivity index (χ1n) is 10.4. The van der Waals surface area contributed by atoms with Gasteiger partial charge in [0.25, 0.3) is 0 Å². The summed E-state index contributed by atoms with van der Waals surface area (Å²) in [4.78, 5) is 18.2. The summed E-state index contributed by atoms with van der Waals surface area (Å²) < 4.78 is 14.5. The lowest BCUT2D eigenvalue weighted by molar-refractivity contribution is 0.354. The fourth-order valence-electron chi connectivity index (χ4n) is 4.55. The molecule has 3 aromatic rings. The van der Waals surface area contributed by atoms with E-state index in [0.29, 0.717) is 23.5 Å². The largest absolute Gasteiger partial charge is 0.493 e. The minimum Gasteiger partial charge on any atom is -0.493 e. The molecule has 0 aliphatic carbocycles. The third kappa shape index (κ3) is 3.46. The van der Waals surface area contributed by atoms with Crippen molar-refractivity contribution in [3.63, 3.8) is 0 Å². The van der Waals surface area contributed by atoms with Crippen LogP contribution >= 0.6 is 0 Å². The van der Waals surface area contributed by atoms with Crippen LogP contribution in [0.4, 0.5) is 5.69 Å². The van der Waals surface area contributed by atoms with Gasteiger partial charge in [0.15, 0.2) is 11.5 Å². The van der Waals surface area contributed by atoms with Gasteiger partial charge in [0.1, 0.15) is 5.49 Å². The van der Waals surface area contributed by atoms with Crippen LogP contribution in [0, 0.1) is 20.8 Å². The Hall–Kier alpha value is -3.28. The van der Waals surface area contributed by atoms with Crippen LogP contribution in [-0.2, 0) is 13.6 Å². The Bertz CT molecular complexity index is 1290. The predicted molar refractivity (Wildman–Crippen MR) is 123 cm³/mol. The zero-order valence-corrected chi connectivity index (χ0v) is 19.2. The first-order valence-corrected chi connectivity index (χ1v) is 10.4. The zero-order valence-electron chi connectivity index (χ0n) is 19.2. The van der Waals surface area contributed by atoms with Crippen LogP contribution in [0.2, 0.25) is 0 Å². The minimum absolute atomic E-state index is 0.0778. The molecule has 0 saturated carbocycles. The Morgan fingerprint density at radius 2 is 1.58 bits per heavy atom. The van der Waals surface area contributed by atoms with E-state index < -0.39 is 0 Å². The van der Waals surface area contributed by atoms with Crippen LogP contribution in [0.1, 0.15) is 35.1 Å². The van der Waals surface area contributed by atoms with E-state index in [4.69, 9.17) is 14.5 Å². The molecule has 0 amide bonds. The lowest BCUT2D eigenvalue weighted by Crippen LogP contribution is -2.41. The maximum atomic E-state index is 13.3. The van der Waals surface area contributed by atoms with Gasteiger partial charge in [-0.05, 0) is 49.6 Å². The number of aromatic nitrogens is 2. The van der Waals surface area contributed by atoms with Crippen molar-refractivity contribution in [3.8, 4) is 22.8 Å². The Kier molecular flexibility index (Phi) is 5.25. The van der Waals surface area contributed by atoms with E-state index in [2.05, 4.69) is 39.8 Å². The van der Waals surface area contributed by atoms with Crippen molar-refractivity contribution < 1.29 is 9.47 Å². The monoisotopic (exact) mass is 419 g/mol. The summed E-state index contributed by atoms with van der Waals surface area (Å²) in [7, 11) is 5.04. The molecule has 0 fully saturated rings. The topological polar surface area (TPSA) is 57.8 Å². The van der Waals surface area contributed by atoms with Crippen molar-refractivity contribution >= 4 is 5.69 Å². The van der Waals surface area contributed by atoms with E-state index in [0.717, 1.165) is 33.6 Å². The van der Waals surface area contributed by atoms with Gasteiger partial charge in [-0.2, -0.15) is 0 Å². The molecule has 2 aromatic carbocycles. The van der Waals surface area contributed by atoms with Gasteiger partial charge in [-0.1, -0.05) is 24.6 Å². The Morgan fingerprint density at radius 3 is 2.19 bits per heavy atom. The molecule has 0 saturated heterocycles. The first kappa shape index (κ1) is 21.0. The van der Waals surface area contributed by atoms with E-state index in [1.165, 1.54) is 5.56 Å². The summed E-state index contributed by atoms with van der Waals surface area (Å²) in [6.45, 7) is 8.91. The molecule has 2 heterocycles. The van der Waals surface area contributed by atoms with E-state index in [1.54, 1.807) is 25.8 Å². The van der Waals surface area contributed by atoms with Crippen molar-refractivity contribution in [1.29, 1.82) is 0 Å². The second-order valence-corrected chi connectivity index (χ2v) is 8.39. The minimum atomic E-state index is -0.0778. The van der Waals surface area contributed by atoms with Crippen molar-refractivity contribution in [2.45, 2.75) is 40.2 Å². The van der Waals surface area contributed by atoms with Crippen molar-refractivity contribution in [2.24, 2.45) is 12.0 Å². The number of nitrogens with zero attached hydrogens (tertiary/aromatic N) is 3. The van der Waals surface area contributed by atoms with Crippen LogP contribution in [0.15, 0.2) is 40.1 Å². The molecule has 162 valence electrons. The number of methoxy groups -OCH3 is 2. The molecule has 0 N–H and O–H groups in total. The number of aryl methyl sites for hydroxylation is 3. The van der Waals surface area contributed by atoms with Gasteiger partial charge in [-0.25, -0.2) is 9.79 Å². The molecule has 6 nitrogen and oxygen atoms in total. The highest BCUT2D eigenvalue weighted by molar-refractivity contribution is 5.71. The summed E-state index contributed by atoms with van der Waals surface area (Å²) >= 11 is 0. The van der Waals surface area contributed by atoms with Crippen LogP contribution < -0.4 is 20.7 Å². The highest BCUT2D eigenvalue weighted by Crippen LogP contribution is 2.41. The Balaban J connectivity index is 2.02. The van der Waals surface area contributed by atoms with Gasteiger partial charge in [0.05, 0.1) is 25.6 Å². The van der Waals surface area contributed by atoms with Gasteiger partial charge >= 0.3 is 5.69 Å². The molecule has 0 spiro atoms. The fraction of sp³-hybridized carbons (Fsp3) is 0.360. The molecule has 0 bridgehead atoms. The summed E-state index contributed by atoms with van der Waals surface area (Å²) in [5.41, 5.74) is 7.80. The molecule has 1 aliphatic heterocycles. The summed E-state index contributed by atoms with van der Waals surface area (Å²) in [5, 5.41) is 0. The highest BCUT2D eigenvalue weighted by Gasteiger charge is 2.26. The number of hydrogen-bond acceptors (Lipinski definition) is 4. The molecule has 1 aliphatic rings. The quantitative estimate of drug-likeness (QED) is 0.641. The van der Waals surface area contributed by atoms with Crippen molar-refractivity contribution in [2.75, 3.05) is 14.2 Å². The van der Waals surface area contributed by atoms with E-state index in [9.17, 15) is 4.79 Å². The number of hydrogen-bond donors (Lipinski definition) is 0. The standard InChI is InChI=1S/C25H29N3O3/c1-14-8-15(2)24(16(3)9-14)26-23-12-20-19-11-22(31-7)21(30-6)10-18(19)17(4)13-28(20)25(29)27(23)5/h8-12,17H,13H2,1-7H3/b26-23-/t17-/m1/s1. The molecule has 31 heavy (non-hydrogen) atoms. The second-order valence-electron chi connectivity index (χ2n) is 8.39. The van der Waals surface area contributed by atoms with E-state index in [-0.39, 0.29) is 11.6 Å². The van der Waals surface area contributed by atoms with Gasteiger partial charge in [0, 0.05) is 31.1 Å². The van der Waals surface area contributed by atoms with E-state index >= 15 is 0 Å². The molecule has 4 rings (SSSR count). The van der Waals surface area contributed by atoms with Crippen LogP contribution in [0.5, 0.6) is 11.5 Å². The van der Waals surface area contributed by atoms with Crippen LogP contribution in [-0.4, -0.2) is 23.4 Å². The molecule has 6 heteroatoms. The second kappa shape index (κ2) is 7.76. The average molecular weight is 420 g/mol. The third-order valence-corrected chi connectivity index (χ3v) is 6.10. The molecular formula is C25H29N3O3. The lowest BCUT2D eigenvalue weighted by Gasteiger charge is -2.28. The van der Waals surface area contributed by atoms with Crippen LogP contribution in [0.25, 0.3) is 11.3 Å². The fourth-order valence-corrected chi connectivity index (χ4v) is 4.55. The average Bonchev–Trinajstić information content (AvgIpc) is 2.73. The van der Waals surface area contributed by atoms with Gasteiger partial charge in [0.2, 0.25) is 0 Å². The van der Waals surface area contributed by atoms with Gasteiger partial charge in [-0.3, -0.25) is 9.13 Å². The molecule has 0 radical (unpaired) electrons. The van der Waals surface area contributed by atoms with Gasteiger partial charge in [-0.15, -0.1) is 0 Å². The van der Waals surface area contributed by atoms with Crippen molar-refractivity contribution in [3.05, 3.63) is 68.6 Å². The Morgan fingerprint density at radius 1 is 0.968 bits per heavy atom. The summed E-state index contributed by atoms with van der Waals surface area (Å²) in [6.07, 6.45) is 0. The Labute approximate surface area is 182 Å². The maximum absolute atomic E-state index is 13.3. The van der Waals surface area contributed by atoms with E-state index in [1.807, 2.05) is 22.8 Å². The summed E-state index contributed by atoms with van der Waals surface area (Å²) in [6, 6.07) is 10.2. The first-order chi connectivity index (χ1) is 14.7. The predicted octanol–water partition coefficient (Wildman–Crippen LogP) is 4.15. The number of benzene rings is 2. The molecule has 1 atom stereocenters. The molecule has 0 unspecified atom stereocenters. The maximum Gasteiger partial charge on any atom is 0.329 e. The van der Waals surface area contributed by atoms with Crippen molar-refractivity contribution in [1.82, 2.24) is 9.13 Å². The molecular weight excluding hydrogens is 390 g/mol. The number of ether oxygens (including phenoxy) is 2. The molecule has 1 aromatic heterocycles. The number of fused-ring (bicyclic) bond motifs is 3. The highest BCUT2D eigenvalue weighted by atomic mass is 16.5. The SMILES string of the molecule is COc1cc2c(cc1OC)[C@H](C)Cn1c-2c/c(=N/c2c(C)cc(C)cc2C)n(C)c1=O. The normalized spacial score (nSPS) is 15.5. The zero-order chi connectivity index (χ0) is 22.4. The van der Waals surface area contributed by atoms with Crippen LogP contribution in [0.3, 0.4) is 0 Å². The van der Waals surface area contributed by atoms with Gasteiger partial charge < -0.3 is 9.47 Å². The number of rotatable bonds is 3.